The number of anilines is 3. The molecule has 0 saturated heterocycles. The summed E-state index contributed by atoms with van der Waals surface area (Å²) in [4.78, 5) is 16.1. The summed E-state index contributed by atoms with van der Waals surface area (Å²) in [5.41, 5.74) is 16.5. The second-order valence-electron chi connectivity index (χ2n) is 15.5. The van der Waals surface area contributed by atoms with E-state index in [0.29, 0.717) is 0 Å². The highest BCUT2D eigenvalue weighted by molar-refractivity contribution is 7.14. The van der Waals surface area contributed by atoms with Crippen molar-refractivity contribution in [1.82, 2.24) is 0 Å². The number of aldehydes is 1. The van der Waals surface area contributed by atoms with Gasteiger partial charge in [0, 0.05) is 32.8 Å². The number of fused-ring (bicyclic) bond motifs is 6. The molecule has 260 valence electrons. The van der Waals surface area contributed by atoms with Gasteiger partial charge >= 0.3 is 0 Å². The largest absolute Gasteiger partial charge is 0.310 e. The van der Waals surface area contributed by atoms with Crippen LogP contribution in [-0.2, 0) is 17.3 Å². The van der Waals surface area contributed by atoms with E-state index >= 15 is 0 Å². The monoisotopic (exact) mass is 697 g/mol. The van der Waals surface area contributed by atoms with Gasteiger partial charge in [-0.15, -0.1) is 11.3 Å². The fraction of sp³-hybridized carbons (Fsp3) is 0.245. The molecule has 1 heterocycles. The molecule has 0 N–H and O–H groups in total. The minimum Gasteiger partial charge on any atom is -0.310 e. The van der Waals surface area contributed by atoms with Gasteiger partial charge in [-0.25, -0.2) is 0 Å². The average molecular weight is 698 g/mol. The maximum absolute atomic E-state index is 11.7. The lowest BCUT2D eigenvalue weighted by molar-refractivity contribution is 0.112. The maximum Gasteiger partial charge on any atom is 0.160 e. The SMILES string of the molecule is CCCCCCc1cc(C=O)sc1/C=C/c1ccc(N(c2ccc3c(c2)C(C)(C)c2ccccc2-3)c2ccc3c(c2)C(C)(C)c2ccccc2-3)cc1. The van der Waals surface area contributed by atoms with Crippen LogP contribution in [0, 0.1) is 0 Å². The van der Waals surface area contributed by atoms with Gasteiger partial charge in [0.15, 0.2) is 6.29 Å². The van der Waals surface area contributed by atoms with Crippen LogP contribution < -0.4 is 4.90 Å². The Kier molecular flexibility index (Phi) is 8.87. The number of hydrogen-bond acceptors (Lipinski definition) is 3. The van der Waals surface area contributed by atoms with Gasteiger partial charge in [-0.05, 0) is 117 Å². The van der Waals surface area contributed by atoms with E-state index in [2.05, 4.69) is 167 Å². The number of unbranched alkanes of at least 4 members (excludes halogenated alkanes) is 3. The Labute approximate surface area is 313 Å². The van der Waals surface area contributed by atoms with Crippen molar-refractivity contribution in [3.63, 3.8) is 0 Å². The van der Waals surface area contributed by atoms with Crippen molar-refractivity contribution in [2.45, 2.75) is 77.6 Å². The second kappa shape index (κ2) is 13.5. The van der Waals surface area contributed by atoms with E-state index in [1.165, 1.54) is 74.2 Å². The maximum atomic E-state index is 11.7. The molecule has 0 radical (unpaired) electrons. The molecule has 6 aromatic rings. The van der Waals surface area contributed by atoms with Crippen molar-refractivity contribution in [2.24, 2.45) is 0 Å². The minimum absolute atomic E-state index is 0.0931. The molecule has 0 atom stereocenters. The van der Waals surface area contributed by atoms with Crippen molar-refractivity contribution in [3.8, 4) is 22.3 Å². The third-order valence-electron chi connectivity index (χ3n) is 11.5. The number of carbonyl (C=O) groups is 1. The molecular formula is C49H47NOS. The molecule has 52 heavy (non-hydrogen) atoms. The minimum atomic E-state index is -0.0931. The number of nitrogens with zero attached hydrogens (tertiary/aromatic N) is 1. The van der Waals surface area contributed by atoms with Crippen LogP contribution in [0.2, 0.25) is 0 Å². The van der Waals surface area contributed by atoms with Gasteiger partial charge < -0.3 is 4.90 Å². The molecule has 0 spiro atoms. The van der Waals surface area contributed by atoms with E-state index in [1.54, 1.807) is 11.3 Å². The van der Waals surface area contributed by atoms with E-state index in [9.17, 15) is 4.79 Å². The predicted octanol–water partition coefficient (Wildman–Crippen LogP) is 13.9. The first-order valence-electron chi connectivity index (χ1n) is 18.9. The topological polar surface area (TPSA) is 20.3 Å². The Hall–Kier alpha value is -4.99. The van der Waals surface area contributed by atoms with E-state index in [-0.39, 0.29) is 10.8 Å². The molecule has 0 bridgehead atoms. The first kappa shape index (κ1) is 34.1. The van der Waals surface area contributed by atoms with Crippen LogP contribution in [-0.4, -0.2) is 6.29 Å². The molecule has 2 aliphatic carbocycles. The molecule has 5 aromatic carbocycles. The van der Waals surface area contributed by atoms with Gasteiger partial charge in [-0.2, -0.15) is 0 Å². The molecule has 8 rings (SSSR count). The van der Waals surface area contributed by atoms with Crippen LogP contribution in [0.5, 0.6) is 0 Å². The summed E-state index contributed by atoms with van der Waals surface area (Å²) in [5.74, 6) is 0. The smallest absolute Gasteiger partial charge is 0.160 e. The molecule has 3 heteroatoms. The molecule has 0 fully saturated rings. The van der Waals surface area contributed by atoms with Gasteiger partial charge in [0.1, 0.15) is 0 Å². The van der Waals surface area contributed by atoms with Gasteiger partial charge in [-0.3, -0.25) is 4.79 Å². The Balaban J connectivity index is 1.18. The van der Waals surface area contributed by atoms with Gasteiger partial charge in [-0.1, -0.05) is 133 Å². The van der Waals surface area contributed by atoms with Gasteiger partial charge in [0.25, 0.3) is 0 Å². The number of thiophene rings is 1. The lowest BCUT2D eigenvalue weighted by Crippen LogP contribution is -2.18. The molecule has 1 aromatic heterocycles. The predicted molar refractivity (Wildman–Crippen MR) is 223 cm³/mol. The first-order chi connectivity index (χ1) is 25.2. The quantitative estimate of drug-likeness (QED) is 0.0992. The fourth-order valence-electron chi connectivity index (χ4n) is 8.62. The van der Waals surface area contributed by atoms with Crippen LogP contribution in [0.1, 0.15) is 108 Å². The lowest BCUT2D eigenvalue weighted by atomic mass is 9.82. The number of aryl methyl sites for hydroxylation is 1. The van der Waals surface area contributed by atoms with Crippen molar-refractivity contribution in [2.75, 3.05) is 4.90 Å². The Bertz CT molecular complexity index is 2210. The number of rotatable bonds is 11. The zero-order valence-electron chi connectivity index (χ0n) is 31.0. The summed E-state index contributed by atoms with van der Waals surface area (Å²) in [7, 11) is 0. The molecule has 2 nitrogen and oxygen atoms in total. The number of carbonyl (C=O) groups excluding carboxylic acids is 1. The normalized spacial score (nSPS) is 14.6. The van der Waals surface area contributed by atoms with Crippen LogP contribution in [0.3, 0.4) is 0 Å². The molecule has 0 saturated carbocycles. The van der Waals surface area contributed by atoms with Crippen LogP contribution in [0.25, 0.3) is 34.4 Å². The van der Waals surface area contributed by atoms with Crippen molar-refractivity contribution in [1.29, 1.82) is 0 Å². The van der Waals surface area contributed by atoms with Crippen molar-refractivity contribution in [3.05, 3.63) is 158 Å². The molecule has 0 aliphatic heterocycles. The third kappa shape index (κ3) is 5.86. The Morgan fingerprint density at radius 2 is 1.12 bits per heavy atom. The average Bonchev–Trinajstić information content (AvgIpc) is 3.75. The number of hydrogen-bond donors (Lipinski definition) is 0. The summed E-state index contributed by atoms with van der Waals surface area (Å²) in [6.45, 7) is 11.6. The summed E-state index contributed by atoms with van der Waals surface area (Å²) >= 11 is 1.59. The van der Waals surface area contributed by atoms with E-state index < -0.39 is 0 Å². The van der Waals surface area contributed by atoms with Crippen LogP contribution in [0.15, 0.2) is 115 Å². The highest BCUT2D eigenvalue weighted by Crippen LogP contribution is 2.53. The summed E-state index contributed by atoms with van der Waals surface area (Å²) in [6.07, 6.45) is 11.3. The molecule has 2 aliphatic rings. The highest BCUT2D eigenvalue weighted by atomic mass is 32.1. The van der Waals surface area contributed by atoms with E-state index in [4.69, 9.17) is 0 Å². The highest BCUT2D eigenvalue weighted by Gasteiger charge is 2.37. The molecule has 0 amide bonds. The Morgan fingerprint density at radius 3 is 1.67 bits per heavy atom. The second-order valence-corrected chi connectivity index (χ2v) is 16.6. The fourth-order valence-corrected chi connectivity index (χ4v) is 9.55. The third-order valence-corrected chi connectivity index (χ3v) is 12.6. The van der Waals surface area contributed by atoms with Crippen molar-refractivity contribution < 1.29 is 4.79 Å². The molecular weight excluding hydrogens is 651 g/mol. The van der Waals surface area contributed by atoms with E-state index in [1.807, 2.05) is 0 Å². The summed E-state index contributed by atoms with van der Waals surface area (Å²) < 4.78 is 0. The summed E-state index contributed by atoms with van der Waals surface area (Å²) in [6, 6.07) is 42.8. The number of benzene rings is 5. The first-order valence-corrected chi connectivity index (χ1v) is 19.7. The standard InChI is InChI=1S/C49H47NOS/c1-6-7-8-9-14-34-29-38(32-51)52-47(34)28-21-33-19-22-35(23-20-33)50(36-24-26-41-39-15-10-12-17-43(39)48(2,3)45(41)30-36)37-25-27-42-40-16-11-13-18-44(40)49(4,5)46(42)31-37/h10-13,15-32H,6-9,14H2,1-5H3/b28-21+. The Morgan fingerprint density at radius 1 is 0.577 bits per heavy atom. The zero-order valence-corrected chi connectivity index (χ0v) is 31.8. The van der Waals surface area contributed by atoms with E-state index in [0.717, 1.165) is 46.6 Å². The van der Waals surface area contributed by atoms with Gasteiger partial charge in [0.2, 0.25) is 0 Å². The lowest BCUT2D eigenvalue weighted by Gasteiger charge is -2.29. The van der Waals surface area contributed by atoms with Crippen LogP contribution >= 0.6 is 11.3 Å². The van der Waals surface area contributed by atoms with Crippen molar-refractivity contribution >= 4 is 46.8 Å². The molecule has 0 unspecified atom stereocenters. The zero-order chi connectivity index (χ0) is 36.0. The summed E-state index contributed by atoms with van der Waals surface area (Å²) in [5, 5.41) is 0. The van der Waals surface area contributed by atoms with Crippen LogP contribution in [0.4, 0.5) is 17.1 Å². The van der Waals surface area contributed by atoms with Gasteiger partial charge in [0.05, 0.1) is 4.88 Å².